The van der Waals surface area contributed by atoms with Crippen molar-refractivity contribution in [2.45, 2.75) is 131 Å². The lowest BCUT2D eigenvalue weighted by Crippen LogP contribution is -2.61. The summed E-state index contributed by atoms with van der Waals surface area (Å²) in [5.74, 6) is 0. The molecule has 0 spiro atoms. The summed E-state index contributed by atoms with van der Waals surface area (Å²) in [5.41, 5.74) is 8.01. The number of anilines is 6. The quantitative estimate of drug-likeness (QED) is 0.127. The number of benzene rings is 15. The van der Waals surface area contributed by atoms with Gasteiger partial charge >= 0.3 is 0 Å². The van der Waals surface area contributed by atoms with Crippen LogP contribution >= 0.6 is 0 Å². The van der Waals surface area contributed by atoms with Crippen molar-refractivity contribution in [1.29, 1.82) is 0 Å². The number of hydrogen-bond acceptors (Lipinski definition) is 2. The van der Waals surface area contributed by atoms with E-state index < -0.39 is 200 Å². The van der Waals surface area contributed by atoms with E-state index in [0.717, 1.165) is 53.6 Å². The number of rotatable bonds is 10. The minimum absolute atomic E-state index is 0.163. The van der Waals surface area contributed by atoms with Gasteiger partial charge in [-0.3, -0.25) is 0 Å². The summed E-state index contributed by atoms with van der Waals surface area (Å²) in [4.78, 5) is 3.88. The van der Waals surface area contributed by atoms with Gasteiger partial charge in [-0.05, 0) is 201 Å². The Kier molecular flexibility index (Phi) is 12.3. The maximum absolute atomic E-state index is 12.1. The van der Waals surface area contributed by atoms with Crippen LogP contribution in [0.1, 0.15) is 162 Å². The average molecular weight is 1510 g/mol. The maximum Gasteiger partial charge on any atom is 0.252 e. The molecule has 15 aromatic carbocycles. The van der Waals surface area contributed by atoms with Crippen LogP contribution in [0.5, 0.6) is 0 Å². The zero-order chi connectivity index (χ0) is 98.5. The smallest absolute Gasteiger partial charge is 0.252 e. The molecule has 4 heterocycles. The molecule has 5 heteroatoms. The molecule has 0 amide bonds. The lowest BCUT2D eigenvalue weighted by molar-refractivity contribution is 0.589. The molecule has 0 unspecified atom stereocenters. The minimum atomic E-state index is -1.69. The van der Waals surface area contributed by atoms with Crippen LogP contribution in [-0.4, -0.2) is 15.8 Å². The Bertz CT molecular complexity index is 7490. The van der Waals surface area contributed by atoms with E-state index in [9.17, 15) is 30.2 Å². The van der Waals surface area contributed by atoms with Crippen molar-refractivity contribution in [3.63, 3.8) is 0 Å². The van der Waals surface area contributed by atoms with Crippen LogP contribution in [0.3, 0.4) is 0 Å². The van der Waals surface area contributed by atoms with Gasteiger partial charge in [0.05, 0.1) is 63.6 Å². The Morgan fingerprint density at radius 1 is 0.252 bits per heavy atom. The number of fused-ring (bicyclic) bond motifs is 10. The molecule has 0 N–H and O–H groups in total. The lowest BCUT2D eigenvalue weighted by Gasteiger charge is -2.47. The molecule has 0 fully saturated rings. The van der Waals surface area contributed by atoms with Gasteiger partial charge in [0.1, 0.15) is 0 Å². The van der Waals surface area contributed by atoms with Crippen LogP contribution in [-0.2, 0) is 27.1 Å². The molecule has 0 atom stereocenters. The molecule has 0 radical (unpaired) electrons. The zero-order valence-electron chi connectivity index (χ0n) is 89.3. The van der Waals surface area contributed by atoms with E-state index in [0.29, 0.717) is 78.3 Å². The molecule has 0 bridgehead atoms. The number of nitrogens with zero attached hydrogens (tertiary/aromatic N) is 4. The van der Waals surface area contributed by atoms with E-state index in [-0.39, 0.29) is 43.8 Å². The molecule has 19 rings (SSSR count). The van der Waals surface area contributed by atoms with Crippen LogP contribution in [0.25, 0.3) is 122 Å². The van der Waals surface area contributed by atoms with Gasteiger partial charge in [-0.15, -0.1) is 0 Å². The molecule has 562 valence electrons. The van der Waals surface area contributed by atoms with Gasteiger partial charge in [-0.2, -0.15) is 0 Å². The van der Waals surface area contributed by atoms with Gasteiger partial charge in [0.2, 0.25) is 0 Å². The second-order valence-electron chi connectivity index (χ2n) is 35.7. The van der Waals surface area contributed by atoms with E-state index in [2.05, 4.69) is 132 Å². The van der Waals surface area contributed by atoms with Crippen molar-refractivity contribution < 1.29 is 30.2 Å². The van der Waals surface area contributed by atoms with Crippen LogP contribution in [0.4, 0.5) is 34.1 Å². The second kappa shape index (κ2) is 27.1. The normalized spacial score (nSPS) is 15.8. The molecule has 0 aliphatic carbocycles. The fourth-order valence-corrected chi connectivity index (χ4v) is 16.7. The summed E-state index contributed by atoms with van der Waals surface area (Å²) < 4.78 is 227. The van der Waals surface area contributed by atoms with Crippen LogP contribution in [0, 0.1) is 0 Å². The molecule has 2 aliphatic rings. The van der Waals surface area contributed by atoms with Crippen molar-refractivity contribution in [3.05, 3.63) is 355 Å². The first kappa shape index (κ1) is 52.1. The van der Waals surface area contributed by atoms with Crippen LogP contribution in [0.15, 0.2) is 327 Å². The molecule has 0 saturated carbocycles. The first-order valence-corrected chi connectivity index (χ1v) is 39.4. The first-order chi connectivity index (χ1) is 64.4. The average Bonchev–Trinajstić information content (AvgIpc) is 0.916. The Morgan fingerprint density at radius 3 is 0.870 bits per heavy atom. The molecule has 4 nitrogen and oxygen atoms in total. The van der Waals surface area contributed by atoms with Crippen molar-refractivity contribution in [2.24, 2.45) is 0 Å². The van der Waals surface area contributed by atoms with Crippen molar-refractivity contribution in [2.75, 3.05) is 9.80 Å². The fraction of sp³-hybridized carbons (Fsp3) is 0.182. The van der Waals surface area contributed by atoms with Gasteiger partial charge in [0.15, 0.2) is 0 Å². The van der Waals surface area contributed by atoms with Crippen molar-refractivity contribution in [3.8, 4) is 78.1 Å². The predicted molar refractivity (Wildman–Crippen MR) is 495 cm³/mol. The van der Waals surface area contributed by atoms with Gasteiger partial charge in [-0.1, -0.05) is 346 Å². The highest BCUT2D eigenvalue weighted by Gasteiger charge is 2.47. The van der Waals surface area contributed by atoms with Gasteiger partial charge in [0.25, 0.3) is 6.71 Å². The van der Waals surface area contributed by atoms with Gasteiger partial charge < -0.3 is 18.9 Å². The van der Waals surface area contributed by atoms with Gasteiger partial charge in [0, 0.05) is 77.9 Å². The third-order valence-corrected chi connectivity index (χ3v) is 23.0. The third kappa shape index (κ3) is 12.5. The van der Waals surface area contributed by atoms with Crippen LogP contribution < -0.4 is 26.2 Å². The van der Waals surface area contributed by atoms with E-state index in [1.807, 2.05) is 176 Å². The van der Waals surface area contributed by atoms with E-state index in [1.165, 1.54) is 0 Å². The minimum Gasteiger partial charge on any atom is -0.310 e. The lowest BCUT2D eigenvalue weighted by atomic mass is 9.33. The SMILES string of the molecule is [2H]c1c([2H])c(-n2c3c([2H])c([2H])c([2H])c([2H])c3c3c([2H])c([2H])c([2H])c([2H])c32)c([2H])c2c1B1c3c(cc(C(C)(C)C)cc3N(c3c(-c4ccc(-c5ccccc5)cc4)cc(C(C)(C)C)cc3-c3cccc(C(C)(C)C)c3)c3c([2H])c(-n4c5c([2H])c([2H])c([2H])c([2H])c5c5c([2H])c([2H])c([2H])c([2H])c54)c([2H])c([2H])c31)N2c1c(-c2ccc(-c3ccccc3)cc2)cc(C(C)(C)C)cc1-c1cccc(C(C)(C)C)c1. The van der Waals surface area contributed by atoms with E-state index in [4.69, 9.17) is 0 Å². The second-order valence-corrected chi connectivity index (χ2v) is 35.7. The molecule has 0 saturated heterocycles. The van der Waals surface area contributed by atoms with Crippen LogP contribution in [0.2, 0.25) is 0 Å². The zero-order valence-corrected chi connectivity index (χ0v) is 67.3. The Hall–Kier alpha value is -12.4. The van der Waals surface area contributed by atoms with Crippen molar-refractivity contribution in [1.82, 2.24) is 9.13 Å². The standard InChI is InChI=1S/C110H99BN4/c1-106(2,3)78-38-30-36-76(60-78)91-64-80(108(7,8)9)62-89(74-52-48-72(49-53-74)70-32-18-16-19-33-70)104(91)114-99-68-83(112-95-44-26-22-40-85(95)86-41-23-27-45-96(86)112)56-58-93(99)111-94-59-57-84(113-97-46-28-24-42-87(97)88-43-25-29-47-98(88)113)69-100(94)115(102-67-82(110(13,14)15)66-101(114)103(102)111)105-90(75-54-50-73(51-55-75)71-34-20-17-21-35-71)63-81(109(10,11)12)65-92(105)77-37-31-39-79(61-77)107(4,5)6/h16-69H,1-15H3/i22D,23D,24D,25D,26D,27D,28D,29D,40D,41D,42D,43D,44D,45D,46D,47D,56D,57D,58D,59D,68D,69D. The summed E-state index contributed by atoms with van der Waals surface area (Å²) in [6.07, 6.45) is 0. The number of para-hydroxylation sites is 4. The summed E-state index contributed by atoms with van der Waals surface area (Å²) in [6, 6.07) is 49.3. The molecular formula is C110H99BN4. The highest BCUT2D eigenvalue weighted by molar-refractivity contribution is 7.00. The predicted octanol–water partition coefficient (Wildman–Crippen LogP) is 28.5. The maximum atomic E-state index is 12.1. The third-order valence-electron chi connectivity index (χ3n) is 23.0. The Balaban J connectivity index is 1.10. The van der Waals surface area contributed by atoms with E-state index >= 15 is 0 Å². The molecule has 17 aromatic rings. The summed E-state index contributed by atoms with van der Waals surface area (Å²) in [5, 5.41) is -1.42. The Morgan fingerprint density at radius 2 is 0.539 bits per heavy atom. The Labute approximate surface area is 710 Å². The summed E-state index contributed by atoms with van der Waals surface area (Å²) >= 11 is 0. The molecular weight excluding hydrogens is 1390 g/mol. The topological polar surface area (TPSA) is 16.3 Å². The highest BCUT2D eigenvalue weighted by atomic mass is 15.2. The largest absolute Gasteiger partial charge is 0.310 e. The number of aromatic nitrogens is 2. The monoisotopic (exact) mass is 1510 g/mol. The van der Waals surface area contributed by atoms with Gasteiger partial charge in [-0.25, -0.2) is 0 Å². The molecule has 115 heavy (non-hydrogen) atoms. The first-order valence-electron chi connectivity index (χ1n) is 50.4. The summed E-state index contributed by atoms with van der Waals surface area (Å²) in [7, 11) is 0. The van der Waals surface area contributed by atoms with E-state index in [1.54, 1.807) is 0 Å². The highest BCUT2D eigenvalue weighted by Crippen LogP contribution is 2.57. The summed E-state index contributed by atoms with van der Waals surface area (Å²) in [6.45, 7) is 29.9. The molecule has 2 aromatic heterocycles. The fourth-order valence-electron chi connectivity index (χ4n) is 16.7. The molecule has 2 aliphatic heterocycles. The van der Waals surface area contributed by atoms with Crippen molar-refractivity contribution >= 4 is 101 Å². The number of hydrogen-bond donors (Lipinski definition) is 0.